The summed E-state index contributed by atoms with van der Waals surface area (Å²) in [5.74, 6) is -2.80. The Morgan fingerprint density at radius 1 is 1.50 bits per heavy atom. The summed E-state index contributed by atoms with van der Waals surface area (Å²) in [5, 5.41) is 10.7. The number of aromatic nitrogens is 2. The molecule has 0 aliphatic carbocycles. The zero-order chi connectivity index (χ0) is 10.6. The molecule has 6 heteroatoms. The largest absolute Gasteiger partial charge is 0.390 e. The normalized spacial score (nSPS) is 11.4. The van der Waals surface area contributed by atoms with Gasteiger partial charge in [0, 0.05) is 11.8 Å². The molecule has 0 saturated heterocycles. The van der Waals surface area contributed by atoms with Gasteiger partial charge in [-0.1, -0.05) is 0 Å². The average molecular weight is 203 g/mol. The standard InChI is InChI=1S/C8H11F2N3O/c1-6-2-7(13-5-12-6)11-3-8(9,10)4-14/h2,5,14H,3-4H2,1H3,(H,11,12,13). The third-order valence-corrected chi connectivity index (χ3v) is 1.56. The molecule has 0 aliphatic rings. The maximum atomic E-state index is 12.6. The number of aryl methyl sites for hydroxylation is 1. The first kappa shape index (κ1) is 10.8. The molecule has 78 valence electrons. The summed E-state index contributed by atoms with van der Waals surface area (Å²) in [6.07, 6.45) is 1.29. The maximum absolute atomic E-state index is 12.6. The van der Waals surface area contributed by atoms with Crippen molar-refractivity contribution in [3.05, 3.63) is 18.1 Å². The highest BCUT2D eigenvalue weighted by molar-refractivity contribution is 5.34. The van der Waals surface area contributed by atoms with E-state index in [-0.39, 0.29) is 0 Å². The van der Waals surface area contributed by atoms with Crippen LogP contribution in [0.4, 0.5) is 14.6 Å². The Kier molecular flexibility index (Phi) is 3.29. The highest BCUT2D eigenvalue weighted by atomic mass is 19.3. The summed E-state index contributed by atoms with van der Waals surface area (Å²) in [5.41, 5.74) is 0.690. The zero-order valence-corrected chi connectivity index (χ0v) is 7.67. The lowest BCUT2D eigenvalue weighted by Crippen LogP contribution is -2.31. The molecule has 0 fully saturated rings. The van der Waals surface area contributed by atoms with Crippen molar-refractivity contribution in [2.75, 3.05) is 18.5 Å². The number of halogens is 2. The third kappa shape index (κ3) is 3.21. The summed E-state index contributed by atoms with van der Waals surface area (Å²) in [7, 11) is 0. The van der Waals surface area contributed by atoms with Crippen molar-refractivity contribution in [1.82, 2.24) is 9.97 Å². The van der Waals surface area contributed by atoms with Gasteiger partial charge in [0.05, 0.1) is 6.54 Å². The van der Waals surface area contributed by atoms with E-state index in [9.17, 15) is 8.78 Å². The molecule has 4 nitrogen and oxygen atoms in total. The van der Waals surface area contributed by atoms with Crippen LogP contribution in [0.25, 0.3) is 0 Å². The van der Waals surface area contributed by atoms with Crippen molar-refractivity contribution in [2.24, 2.45) is 0 Å². The van der Waals surface area contributed by atoms with E-state index in [4.69, 9.17) is 5.11 Å². The number of aliphatic hydroxyl groups is 1. The minimum absolute atomic E-state index is 0.325. The second kappa shape index (κ2) is 4.28. The van der Waals surface area contributed by atoms with Crippen LogP contribution < -0.4 is 5.32 Å². The van der Waals surface area contributed by atoms with Crippen LogP contribution in [0.1, 0.15) is 5.69 Å². The Balaban J connectivity index is 2.54. The van der Waals surface area contributed by atoms with E-state index in [0.717, 1.165) is 0 Å². The number of hydrogen-bond acceptors (Lipinski definition) is 4. The summed E-state index contributed by atoms with van der Waals surface area (Å²) in [6, 6.07) is 1.55. The molecule has 14 heavy (non-hydrogen) atoms. The van der Waals surface area contributed by atoms with Crippen molar-refractivity contribution in [2.45, 2.75) is 12.8 Å². The van der Waals surface area contributed by atoms with Crippen LogP contribution in [0.5, 0.6) is 0 Å². The minimum Gasteiger partial charge on any atom is -0.390 e. The molecule has 1 rings (SSSR count). The Labute approximate surface area is 80.0 Å². The van der Waals surface area contributed by atoms with E-state index < -0.39 is 19.1 Å². The average Bonchev–Trinajstić information content (AvgIpc) is 2.15. The van der Waals surface area contributed by atoms with Crippen molar-refractivity contribution < 1.29 is 13.9 Å². The quantitative estimate of drug-likeness (QED) is 0.760. The first-order valence-corrected chi connectivity index (χ1v) is 4.05. The van der Waals surface area contributed by atoms with Gasteiger partial charge in [0.1, 0.15) is 18.8 Å². The maximum Gasteiger partial charge on any atom is 0.287 e. The number of alkyl halides is 2. The van der Waals surface area contributed by atoms with Crippen LogP contribution in [-0.2, 0) is 0 Å². The second-order valence-electron chi connectivity index (χ2n) is 2.91. The molecule has 0 aliphatic heterocycles. The predicted molar refractivity (Wildman–Crippen MR) is 47.3 cm³/mol. The lowest BCUT2D eigenvalue weighted by Gasteiger charge is -2.14. The minimum atomic E-state index is -3.13. The monoisotopic (exact) mass is 203 g/mol. The molecular formula is C8H11F2N3O. The van der Waals surface area contributed by atoms with E-state index in [0.29, 0.717) is 11.5 Å². The molecule has 1 heterocycles. The first-order chi connectivity index (χ1) is 6.53. The summed E-state index contributed by atoms with van der Waals surface area (Å²) < 4.78 is 25.2. The molecule has 1 aromatic heterocycles. The summed E-state index contributed by atoms with van der Waals surface area (Å²) in [4.78, 5) is 7.56. The van der Waals surface area contributed by atoms with E-state index >= 15 is 0 Å². The van der Waals surface area contributed by atoms with Gasteiger partial charge in [0.15, 0.2) is 0 Å². The number of rotatable bonds is 4. The smallest absolute Gasteiger partial charge is 0.287 e. The molecular weight excluding hydrogens is 192 g/mol. The Morgan fingerprint density at radius 3 is 2.79 bits per heavy atom. The topological polar surface area (TPSA) is 58.0 Å². The van der Waals surface area contributed by atoms with Crippen molar-refractivity contribution >= 4 is 5.82 Å². The van der Waals surface area contributed by atoms with Crippen LogP contribution in [0.15, 0.2) is 12.4 Å². The van der Waals surface area contributed by atoms with Gasteiger partial charge in [-0.3, -0.25) is 0 Å². The third-order valence-electron chi connectivity index (χ3n) is 1.56. The number of nitrogens with one attached hydrogen (secondary N) is 1. The predicted octanol–water partition coefficient (Wildman–Crippen LogP) is 0.825. The first-order valence-electron chi connectivity index (χ1n) is 4.05. The van der Waals surface area contributed by atoms with E-state index in [1.807, 2.05) is 0 Å². The van der Waals surface area contributed by atoms with Gasteiger partial charge >= 0.3 is 0 Å². The van der Waals surface area contributed by atoms with E-state index in [1.54, 1.807) is 13.0 Å². The molecule has 0 spiro atoms. The molecule has 0 amide bonds. The van der Waals surface area contributed by atoms with Crippen LogP contribution in [-0.4, -0.2) is 34.1 Å². The van der Waals surface area contributed by atoms with E-state index in [2.05, 4.69) is 15.3 Å². The molecule has 0 unspecified atom stereocenters. The van der Waals surface area contributed by atoms with E-state index in [1.165, 1.54) is 6.33 Å². The molecule has 0 aromatic carbocycles. The lowest BCUT2D eigenvalue weighted by molar-refractivity contribution is -0.0373. The Morgan fingerprint density at radius 2 is 2.21 bits per heavy atom. The molecule has 0 bridgehead atoms. The number of hydrogen-bond donors (Lipinski definition) is 2. The zero-order valence-electron chi connectivity index (χ0n) is 7.67. The van der Waals surface area contributed by atoms with Crippen molar-refractivity contribution in [3.63, 3.8) is 0 Å². The molecule has 0 atom stereocenters. The van der Waals surface area contributed by atoms with Crippen LogP contribution in [0.3, 0.4) is 0 Å². The van der Waals surface area contributed by atoms with Gasteiger partial charge in [0.2, 0.25) is 0 Å². The highest BCUT2D eigenvalue weighted by Gasteiger charge is 2.27. The van der Waals surface area contributed by atoms with Crippen LogP contribution in [0.2, 0.25) is 0 Å². The van der Waals surface area contributed by atoms with Gasteiger partial charge < -0.3 is 10.4 Å². The fourth-order valence-electron chi connectivity index (χ4n) is 0.827. The van der Waals surface area contributed by atoms with Gasteiger partial charge in [-0.25, -0.2) is 18.7 Å². The Hall–Kier alpha value is -1.30. The fourth-order valence-corrected chi connectivity index (χ4v) is 0.827. The summed E-state index contributed by atoms with van der Waals surface area (Å²) in [6.45, 7) is -0.0823. The molecule has 2 N–H and O–H groups in total. The number of anilines is 1. The second-order valence-corrected chi connectivity index (χ2v) is 2.91. The van der Waals surface area contributed by atoms with Crippen molar-refractivity contribution in [1.29, 1.82) is 0 Å². The van der Waals surface area contributed by atoms with Crippen LogP contribution >= 0.6 is 0 Å². The van der Waals surface area contributed by atoms with Crippen molar-refractivity contribution in [3.8, 4) is 0 Å². The van der Waals surface area contributed by atoms with Gasteiger partial charge in [-0.2, -0.15) is 0 Å². The molecule has 0 radical (unpaired) electrons. The van der Waals surface area contributed by atoms with Gasteiger partial charge in [-0.15, -0.1) is 0 Å². The number of nitrogens with zero attached hydrogens (tertiary/aromatic N) is 2. The SMILES string of the molecule is Cc1cc(NCC(F)(F)CO)ncn1. The van der Waals surface area contributed by atoms with Gasteiger partial charge in [0.25, 0.3) is 5.92 Å². The molecule has 1 aromatic rings. The highest BCUT2D eigenvalue weighted by Crippen LogP contribution is 2.13. The Bertz CT molecular complexity index is 306. The van der Waals surface area contributed by atoms with Gasteiger partial charge in [-0.05, 0) is 6.92 Å². The lowest BCUT2D eigenvalue weighted by atomic mass is 10.3. The van der Waals surface area contributed by atoms with Crippen LogP contribution in [0, 0.1) is 6.92 Å². The molecule has 0 saturated carbocycles. The fraction of sp³-hybridized carbons (Fsp3) is 0.500. The summed E-state index contributed by atoms with van der Waals surface area (Å²) >= 11 is 0. The number of aliphatic hydroxyl groups excluding tert-OH is 1.